The number of ether oxygens (including phenoxy) is 1. The minimum absolute atomic E-state index is 0.0975. The summed E-state index contributed by atoms with van der Waals surface area (Å²) < 4.78 is 41.1. The van der Waals surface area contributed by atoms with Crippen molar-refractivity contribution < 1.29 is 22.7 Å². The van der Waals surface area contributed by atoms with Crippen molar-refractivity contribution in [1.82, 2.24) is 15.2 Å². The smallest absolute Gasteiger partial charge is 0.422 e. The van der Waals surface area contributed by atoms with E-state index in [9.17, 15) is 18.0 Å². The Balaban J connectivity index is 2.03. The highest BCUT2D eigenvalue weighted by molar-refractivity contribution is 5.79. The van der Waals surface area contributed by atoms with Crippen LogP contribution in [0.2, 0.25) is 0 Å². The molecule has 0 saturated carbocycles. The van der Waals surface area contributed by atoms with E-state index in [1.54, 1.807) is 26.1 Å². The number of halogens is 3. The number of alkyl halides is 3. The molecule has 0 spiro atoms. The number of hydrogen-bond acceptors (Lipinski definition) is 5. The van der Waals surface area contributed by atoms with Crippen molar-refractivity contribution in [2.45, 2.75) is 39.8 Å². The zero-order valence-electron chi connectivity index (χ0n) is 14.7. The van der Waals surface area contributed by atoms with E-state index in [2.05, 4.69) is 20.0 Å². The van der Waals surface area contributed by atoms with Crippen LogP contribution in [0.5, 0.6) is 5.88 Å². The van der Waals surface area contributed by atoms with E-state index in [0.29, 0.717) is 6.54 Å². The lowest BCUT2D eigenvalue weighted by Gasteiger charge is -2.34. The number of amides is 1. The molecule has 0 aromatic carbocycles. The summed E-state index contributed by atoms with van der Waals surface area (Å²) in [4.78, 5) is 22.0. The molecule has 6 nitrogen and oxygen atoms in total. The molecule has 2 heterocycles. The summed E-state index contributed by atoms with van der Waals surface area (Å²) in [6.07, 6.45) is -0.0689. The fraction of sp³-hybridized carbons (Fsp3) is 0.471. The van der Waals surface area contributed by atoms with Crippen molar-refractivity contribution in [3.05, 3.63) is 35.7 Å². The Hall–Kier alpha value is -2.58. The Morgan fingerprint density at radius 3 is 2.69 bits per heavy atom. The third-order valence-corrected chi connectivity index (χ3v) is 3.62. The van der Waals surface area contributed by atoms with Gasteiger partial charge in [-0.25, -0.2) is 9.98 Å². The number of allylic oxidation sites excluding steroid dienone is 2. The number of pyridine rings is 1. The monoisotopic (exact) mass is 370 g/mol. The summed E-state index contributed by atoms with van der Waals surface area (Å²) in [7, 11) is 0. The number of aromatic nitrogens is 1. The number of carbonyl (C=O) groups excluding carboxylic acids is 1. The van der Waals surface area contributed by atoms with Crippen molar-refractivity contribution in [3.63, 3.8) is 0 Å². The van der Waals surface area contributed by atoms with Crippen LogP contribution in [0.25, 0.3) is 0 Å². The summed E-state index contributed by atoms with van der Waals surface area (Å²) >= 11 is 0. The number of aliphatic imine (C=N–C) groups is 1. The maximum atomic E-state index is 12.2. The van der Waals surface area contributed by atoms with Crippen molar-refractivity contribution in [2.75, 3.05) is 6.61 Å². The molecule has 0 aliphatic carbocycles. The van der Waals surface area contributed by atoms with E-state index < -0.39 is 19.1 Å². The molecule has 0 saturated heterocycles. The lowest BCUT2D eigenvalue weighted by molar-refractivity contribution is -0.154. The first-order valence-electron chi connectivity index (χ1n) is 8.07. The average molecular weight is 370 g/mol. The summed E-state index contributed by atoms with van der Waals surface area (Å²) in [5.74, 6) is -0.398. The van der Waals surface area contributed by atoms with Crippen LogP contribution in [0.1, 0.15) is 26.3 Å². The van der Waals surface area contributed by atoms with E-state index in [1.165, 1.54) is 12.3 Å². The molecular formula is C17H21F3N4O2. The fourth-order valence-corrected chi connectivity index (χ4v) is 2.16. The first-order valence-corrected chi connectivity index (χ1v) is 8.07. The van der Waals surface area contributed by atoms with Gasteiger partial charge in [-0.05, 0) is 18.6 Å². The van der Waals surface area contributed by atoms with Gasteiger partial charge in [0.15, 0.2) is 12.9 Å². The third kappa shape index (κ3) is 5.75. The molecule has 1 amide bonds. The Morgan fingerprint density at radius 1 is 1.38 bits per heavy atom. The number of carbonyl (C=O) groups is 1. The maximum Gasteiger partial charge on any atom is 0.422 e. The maximum absolute atomic E-state index is 12.2. The summed E-state index contributed by atoms with van der Waals surface area (Å²) in [5.41, 5.74) is 1.64. The molecule has 1 aromatic heterocycles. The van der Waals surface area contributed by atoms with Crippen LogP contribution in [0.3, 0.4) is 0 Å². The quantitative estimate of drug-likeness (QED) is 0.836. The highest BCUT2D eigenvalue weighted by atomic mass is 19.4. The lowest BCUT2D eigenvalue weighted by Crippen LogP contribution is -2.48. The lowest BCUT2D eigenvalue weighted by atomic mass is 10.2. The summed E-state index contributed by atoms with van der Waals surface area (Å²) in [6.45, 7) is 4.46. The van der Waals surface area contributed by atoms with Gasteiger partial charge in [-0.15, -0.1) is 0 Å². The van der Waals surface area contributed by atoms with Gasteiger partial charge < -0.3 is 15.0 Å². The highest BCUT2D eigenvalue weighted by Gasteiger charge is 2.28. The zero-order chi connectivity index (χ0) is 19.3. The van der Waals surface area contributed by atoms with Gasteiger partial charge in [0.1, 0.15) is 0 Å². The van der Waals surface area contributed by atoms with Gasteiger partial charge in [-0.1, -0.05) is 19.9 Å². The van der Waals surface area contributed by atoms with Gasteiger partial charge in [0.2, 0.25) is 11.8 Å². The van der Waals surface area contributed by atoms with Gasteiger partial charge in [-0.3, -0.25) is 4.79 Å². The van der Waals surface area contributed by atoms with Crippen molar-refractivity contribution in [2.24, 2.45) is 10.9 Å². The van der Waals surface area contributed by atoms with Crippen LogP contribution < -0.4 is 10.1 Å². The number of rotatable bonds is 6. The van der Waals surface area contributed by atoms with Gasteiger partial charge in [0.05, 0.1) is 0 Å². The van der Waals surface area contributed by atoms with Crippen LogP contribution in [0.4, 0.5) is 13.2 Å². The average Bonchev–Trinajstić information content (AvgIpc) is 2.56. The molecule has 2 rings (SSSR count). The van der Waals surface area contributed by atoms with E-state index in [0.717, 1.165) is 11.3 Å². The second kappa shape index (κ2) is 8.20. The molecule has 1 aliphatic heterocycles. The van der Waals surface area contributed by atoms with E-state index >= 15 is 0 Å². The Kier molecular flexibility index (Phi) is 6.23. The van der Waals surface area contributed by atoms with E-state index in [-0.39, 0.29) is 17.7 Å². The fourth-order valence-electron chi connectivity index (χ4n) is 2.16. The molecule has 1 N–H and O–H groups in total. The molecule has 1 unspecified atom stereocenters. The van der Waals surface area contributed by atoms with Crippen LogP contribution in [-0.4, -0.2) is 41.1 Å². The van der Waals surface area contributed by atoms with E-state index in [1.807, 2.05) is 17.9 Å². The molecule has 1 aromatic rings. The molecule has 0 fully saturated rings. The summed E-state index contributed by atoms with van der Waals surface area (Å²) in [6, 6.07) is 3.01. The van der Waals surface area contributed by atoms with Crippen molar-refractivity contribution in [1.29, 1.82) is 0 Å². The molecule has 1 aliphatic rings. The van der Waals surface area contributed by atoms with Gasteiger partial charge in [0.25, 0.3) is 0 Å². The molecule has 1 atom stereocenters. The highest BCUT2D eigenvalue weighted by Crippen LogP contribution is 2.20. The van der Waals surface area contributed by atoms with Crippen LogP contribution in [0, 0.1) is 5.92 Å². The van der Waals surface area contributed by atoms with Gasteiger partial charge in [-0.2, -0.15) is 13.2 Å². The zero-order valence-corrected chi connectivity index (χ0v) is 14.7. The Labute approximate surface area is 149 Å². The first-order chi connectivity index (χ1) is 12.2. The van der Waals surface area contributed by atoms with Crippen molar-refractivity contribution >= 4 is 12.1 Å². The normalized spacial score (nSPS) is 17.3. The molecule has 9 heteroatoms. The SMILES string of the molecule is CC1=CC=NC(NC(=O)C(C)C)N1Cc1ccc(OCC(F)(F)F)nc1. The largest absolute Gasteiger partial charge is 0.468 e. The van der Waals surface area contributed by atoms with Crippen LogP contribution >= 0.6 is 0 Å². The number of nitrogens with one attached hydrogen (secondary N) is 1. The van der Waals surface area contributed by atoms with Gasteiger partial charge in [0, 0.05) is 36.6 Å². The number of nitrogens with zero attached hydrogens (tertiary/aromatic N) is 3. The van der Waals surface area contributed by atoms with Crippen molar-refractivity contribution in [3.8, 4) is 5.88 Å². The topological polar surface area (TPSA) is 66.8 Å². The second-order valence-corrected chi connectivity index (χ2v) is 6.18. The molecule has 142 valence electrons. The van der Waals surface area contributed by atoms with Gasteiger partial charge >= 0.3 is 6.18 Å². The Bertz CT molecular complexity index is 684. The Morgan fingerprint density at radius 2 is 2.12 bits per heavy atom. The predicted octanol–water partition coefficient (Wildman–Crippen LogP) is 2.87. The molecule has 26 heavy (non-hydrogen) atoms. The first kappa shape index (κ1) is 19.7. The van der Waals surface area contributed by atoms with E-state index in [4.69, 9.17) is 0 Å². The molecule has 0 bridgehead atoms. The van der Waals surface area contributed by atoms with Crippen LogP contribution in [0.15, 0.2) is 35.1 Å². The third-order valence-electron chi connectivity index (χ3n) is 3.62. The minimum Gasteiger partial charge on any atom is -0.468 e. The minimum atomic E-state index is -4.41. The predicted molar refractivity (Wildman–Crippen MR) is 90.3 cm³/mol. The standard InChI is InChI=1S/C17H21F3N4O2/c1-11(2)15(25)23-16-21-7-6-12(3)24(16)9-13-4-5-14(22-8-13)26-10-17(18,19)20/h4-8,11,16H,9-10H2,1-3H3,(H,23,25). The van der Waals surface area contributed by atoms with Crippen LogP contribution in [-0.2, 0) is 11.3 Å². The summed E-state index contributed by atoms with van der Waals surface area (Å²) in [5, 5.41) is 2.85. The molecule has 0 radical (unpaired) electrons. The molecular weight excluding hydrogens is 349 g/mol. The second-order valence-electron chi connectivity index (χ2n) is 6.18. The number of hydrogen-bond donors (Lipinski definition) is 1.